The number of benzene rings is 4. The molecule has 10 rings (SSSR count). The molecule has 7 heteroatoms. The molecule has 4 aromatic carbocycles. The first-order valence-corrected chi connectivity index (χ1v) is 16.9. The normalized spacial score (nSPS) is 17.7. The Balaban J connectivity index is 1.07. The fraction of sp³-hybridized carbons (Fsp3) is 0.0930. The molecular formula is C43H29N5O2. The maximum absolute atomic E-state index is 6.76. The highest BCUT2D eigenvalue weighted by atomic mass is 16.5. The van der Waals surface area contributed by atoms with Gasteiger partial charge in [0, 0.05) is 44.7 Å². The maximum Gasteiger partial charge on any atom is 0.179 e. The SMILES string of the molecule is C1=CC2c3cc(-c4nc(-c5ccccc5)nc(-c5ccccc5)n4)ccc3OC2C(c2nc(C3=CCCC=C3)nc3c2oc2ccccc23)=C1. The van der Waals surface area contributed by atoms with Crippen LogP contribution in [-0.4, -0.2) is 31.0 Å². The molecule has 0 bridgehead atoms. The lowest BCUT2D eigenvalue weighted by molar-refractivity contribution is 0.278. The van der Waals surface area contributed by atoms with Gasteiger partial charge in [-0.1, -0.05) is 109 Å². The summed E-state index contributed by atoms with van der Waals surface area (Å²) in [6, 6.07) is 34.3. The summed E-state index contributed by atoms with van der Waals surface area (Å²) in [5.41, 5.74) is 8.84. The predicted molar refractivity (Wildman–Crippen MR) is 196 cm³/mol. The van der Waals surface area contributed by atoms with Crippen LogP contribution >= 0.6 is 0 Å². The monoisotopic (exact) mass is 647 g/mol. The van der Waals surface area contributed by atoms with Crippen molar-refractivity contribution in [3.63, 3.8) is 0 Å². The molecular weight excluding hydrogens is 619 g/mol. The third-order valence-corrected chi connectivity index (χ3v) is 9.55. The van der Waals surface area contributed by atoms with Gasteiger partial charge >= 0.3 is 0 Å². The van der Waals surface area contributed by atoms with Crippen molar-refractivity contribution in [1.82, 2.24) is 24.9 Å². The molecule has 0 amide bonds. The number of fused-ring (bicyclic) bond motifs is 6. The second kappa shape index (κ2) is 11.6. The summed E-state index contributed by atoms with van der Waals surface area (Å²) in [6.45, 7) is 0. The molecule has 238 valence electrons. The van der Waals surface area contributed by atoms with Gasteiger partial charge < -0.3 is 9.15 Å². The van der Waals surface area contributed by atoms with Crippen LogP contribution in [0, 0.1) is 0 Å². The molecule has 0 spiro atoms. The zero-order chi connectivity index (χ0) is 33.0. The van der Waals surface area contributed by atoms with Crippen LogP contribution in [-0.2, 0) is 0 Å². The van der Waals surface area contributed by atoms with E-state index < -0.39 is 0 Å². The van der Waals surface area contributed by atoms with Crippen LogP contribution in [0.15, 0.2) is 144 Å². The Kier molecular flexibility index (Phi) is 6.62. The fourth-order valence-electron chi connectivity index (χ4n) is 7.11. The summed E-state index contributed by atoms with van der Waals surface area (Å²) in [7, 11) is 0. The van der Waals surface area contributed by atoms with Gasteiger partial charge in [0.1, 0.15) is 28.6 Å². The summed E-state index contributed by atoms with van der Waals surface area (Å²) < 4.78 is 13.2. The van der Waals surface area contributed by atoms with E-state index in [0.717, 1.165) is 74.2 Å². The molecule has 0 saturated carbocycles. The van der Waals surface area contributed by atoms with Crippen molar-refractivity contribution >= 4 is 33.2 Å². The average Bonchev–Trinajstić information content (AvgIpc) is 3.77. The number of para-hydroxylation sites is 1. The molecule has 2 aliphatic carbocycles. The van der Waals surface area contributed by atoms with Crippen LogP contribution in [0.25, 0.3) is 67.4 Å². The summed E-state index contributed by atoms with van der Waals surface area (Å²) in [6.07, 6.45) is 14.6. The molecule has 2 unspecified atom stereocenters. The Bertz CT molecular complexity index is 2530. The van der Waals surface area contributed by atoms with Gasteiger partial charge in [-0.3, -0.25) is 0 Å². The lowest BCUT2D eigenvalue weighted by Gasteiger charge is -2.22. The van der Waals surface area contributed by atoms with Crippen molar-refractivity contribution in [2.45, 2.75) is 24.9 Å². The van der Waals surface area contributed by atoms with E-state index in [4.69, 9.17) is 34.1 Å². The van der Waals surface area contributed by atoms with Crippen LogP contribution in [0.2, 0.25) is 0 Å². The topological polar surface area (TPSA) is 86.8 Å². The van der Waals surface area contributed by atoms with E-state index in [1.807, 2.05) is 91.0 Å². The number of aromatic nitrogens is 5. The molecule has 1 aliphatic heterocycles. The number of allylic oxidation sites excluding steroid dienone is 6. The minimum Gasteiger partial charge on any atom is -0.484 e. The van der Waals surface area contributed by atoms with E-state index in [0.29, 0.717) is 28.9 Å². The lowest BCUT2D eigenvalue weighted by atomic mass is 9.85. The summed E-state index contributed by atoms with van der Waals surface area (Å²) >= 11 is 0. The first kappa shape index (κ1) is 28.5. The van der Waals surface area contributed by atoms with Gasteiger partial charge in [0.05, 0.1) is 0 Å². The molecule has 3 aromatic heterocycles. The van der Waals surface area contributed by atoms with Crippen LogP contribution < -0.4 is 4.74 Å². The second-order valence-electron chi connectivity index (χ2n) is 12.7. The van der Waals surface area contributed by atoms with Gasteiger partial charge in [0.2, 0.25) is 0 Å². The standard InChI is InChI=1S/C43H29N5O2/c1-4-13-26(14-5-1)40-44-36-31-19-10-11-22-34(31)50-39(36)37(45-40)32-21-12-20-30-33-25-29(23-24-35(33)49-38(30)32)43-47-41(27-15-6-2-7-16-27)46-42(48-43)28-17-8-3-9-18-28/h2-4,6-25,30,38H,1,5H2. The van der Waals surface area contributed by atoms with E-state index in [2.05, 4.69) is 48.6 Å². The van der Waals surface area contributed by atoms with Crippen LogP contribution in [0.3, 0.4) is 0 Å². The highest BCUT2D eigenvalue weighted by Crippen LogP contribution is 2.48. The summed E-state index contributed by atoms with van der Waals surface area (Å²) in [4.78, 5) is 25.0. The zero-order valence-electron chi connectivity index (χ0n) is 26.9. The van der Waals surface area contributed by atoms with Gasteiger partial charge in [-0.15, -0.1) is 0 Å². The van der Waals surface area contributed by atoms with E-state index in [1.165, 1.54) is 0 Å². The molecule has 0 radical (unpaired) electrons. The van der Waals surface area contributed by atoms with Crippen molar-refractivity contribution in [2.75, 3.05) is 0 Å². The Morgan fingerprint density at radius 2 is 1.36 bits per heavy atom. The largest absolute Gasteiger partial charge is 0.484 e. The molecule has 0 fully saturated rings. The quantitative estimate of drug-likeness (QED) is 0.184. The highest BCUT2D eigenvalue weighted by molar-refractivity contribution is 6.06. The summed E-state index contributed by atoms with van der Waals surface area (Å²) in [5, 5.41) is 0.971. The number of hydrogen-bond donors (Lipinski definition) is 0. The van der Waals surface area contributed by atoms with Gasteiger partial charge in [0.25, 0.3) is 0 Å². The first-order chi connectivity index (χ1) is 24.8. The number of rotatable bonds is 5. The Hall–Kier alpha value is -6.47. The summed E-state index contributed by atoms with van der Waals surface area (Å²) in [5.74, 6) is 3.35. The van der Waals surface area contributed by atoms with E-state index in [9.17, 15) is 0 Å². The van der Waals surface area contributed by atoms with E-state index in [1.54, 1.807) is 0 Å². The molecule has 50 heavy (non-hydrogen) atoms. The smallest absolute Gasteiger partial charge is 0.179 e. The Labute approximate surface area is 288 Å². The third-order valence-electron chi connectivity index (χ3n) is 9.55. The van der Waals surface area contributed by atoms with E-state index in [-0.39, 0.29) is 12.0 Å². The fourth-order valence-corrected chi connectivity index (χ4v) is 7.11. The Morgan fingerprint density at radius 1 is 0.640 bits per heavy atom. The number of ether oxygens (including phenoxy) is 1. The van der Waals surface area contributed by atoms with Crippen molar-refractivity contribution < 1.29 is 9.15 Å². The number of hydrogen-bond acceptors (Lipinski definition) is 7. The molecule has 2 atom stereocenters. The van der Waals surface area contributed by atoms with Crippen LogP contribution in [0.1, 0.15) is 35.8 Å². The van der Waals surface area contributed by atoms with Crippen molar-refractivity contribution in [3.8, 4) is 39.9 Å². The number of nitrogens with zero attached hydrogens (tertiary/aromatic N) is 5. The molecule has 7 aromatic rings. The predicted octanol–water partition coefficient (Wildman–Crippen LogP) is 9.79. The molecule has 0 saturated heterocycles. The van der Waals surface area contributed by atoms with Crippen molar-refractivity contribution in [1.29, 1.82) is 0 Å². The lowest BCUT2D eigenvalue weighted by Crippen LogP contribution is -2.22. The van der Waals surface area contributed by atoms with Crippen LogP contribution in [0.4, 0.5) is 0 Å². The van der Waals surface area contributed by atoms with Gasteiger partial charge in [0.15, 0.2) is 28.9 Å². The molecule has 3 aliphatic rings. The Morgan fingerprint density at radius 3 is 2.10 bits per heavy atom. The minimum absolute atomic E-state index is 0.0411. The van der Waals surface area contributed by atoms with Gasteiger partial charge in [-0.25, -0.2) is 24.9 Å². The number of furan rings is 1. The molecule has 4 heterocycles. The van der Waals surface area contributed by atoms with Crippen molar-refractivity contribution in [2.24, 2.45) is 0 Å². The average molecular weight is 648 g/mol. The first-order valence-electron chi connectivity index (χ1n) is 16.9. The molecule has 7 nitrogen and oxygen atoms in total. The van der Waals surface area contributed by atoms with E-state index >= 15 is 0 Å². The highest BCUT2D eigenvalue weighted by Gasteiger charge is 2.39. The van der Waals surface area contributed by atoms with Gasteiger partial charge in [-0.05, 0) is 43.2 Å². The second-order valence-corrected chi connectivity index (χ2v) is 12.7. The zero-order valence-corrected chi connectivity index (χ0v) is 26.9. The van der Waals surface area contributed by atoms with Gasteiger partial charge in [-0.2, -0.15) is 0 Å². The third kappa shape index (κ3) is 4.77. The minimum atomic E-state index is -0.293. The van der Waals surface area contributed by atoms with Crippen LogP contribution in [0.5, 0.6) is 5.75 Å². The maximum atomic E-state index is 6.76. The van der Waals surface area contributed by atoms with Crippen molar-refractivity contribution in [3.05, 3.63) is 157 Å². The molecule has 0 N–H and O–H groups in total.